The molecule has 0 aliphatic carbocycles. The fourth-order valence-electron chi connectivity index (χ4n) is 1.95. The van der Waals surface area contributed by atoms with Gasteiger partial charge >= 0.3 is 0 Å². The van der Waals surface area contributed by atoms with Crippen molar-refractivity contribution in [1.82, 2.24) is 5.32 Å². The zero-order chi connectivity index (χ0) is 14.4. The number of benzene rings is 2. The SMILES string of the molecule is Nc1ccccc1CCC(=O)NCc1cccc(F)c1. The van der Waals surface area contributed by atoms with Crippen LogP contribution in [0.2, 0.25) is 0 Å². The maximum absolute atomic E-state index is 13.0. The lowest BCUT2D eigenvalue weighted by atomic mass is 10.1. The third-order valence-corrected chi connectivity index (χ3v) is 3.06. The molecule has 20 heavy (non-hydrogen) atoms. The zero-order valence-electron chi connectivity index (χ0n) is 11.1. The van der Waals surface area contributed by atoms with Gasteiger partial charge in [-0.25, -0.2) is 4.39 Å². The summed E-state index contributed by atoms with van der Waals surface area (Å²) in [5.74, 6) is -0.369. The fourth-order valence-corrected chi connectivity index (χ4v) is 1.95. The Kier molecular flexibility index (Phi) is 4.71. The molecule has 2 rings (SSSR count). The molecule has 0 bridgehead atoms. The number of halogens is 1. The first-order chi connectivity index (χ1) is 9.65. The van der Waals surface area contributed by atoms with Crippen molar-refractivity contribution in [1.29, 1.82) is 0 Å². The molecule has 0 aliphatic heterocycles. The lowest BCUT2D eigenvalue weighted by molar-refractivity contribution is -0.121. The molecule has 0 atom stereocenters. The van der Waals surface area contributed by atoms with Crippen LogP contribution in [-0.2, 0) is 17.8 Å². The van der Waals surface area contributed by atoms with Gasteiger partial charge < -0.3 is 11.1 Å². The van der Waals surface area contributed by atoms with E-state index in [1.807, 2.05) is 24.3 Å². The van der Waals surface area contributed by atoms with Crippen LogP contribution in [0.1, 0.15) is 17.5 Å². The van der Waals surface area contributed by atoms with Gasteiger partial charge in [0.1, 0.15) is 5.82 Å². The number of nitrogens with one attached hydrogen (secondary N) is 1. The second-order valence-corrected chi connectivity index (χ2v) is 4.61. The Balaban J connectivity index is 1.80. The Morgan fingerprint density at radius 2 is 1.95 bits per heavy atom. The summed E-state index contributed by atoms with van der Waals surface area (Å²) in [7, 11) is 0. The summed E-state index contributed by atoms with van der Waals surface area (Å²) in [6.45, 7) is 0.334. The van der Waals surface area contributed by atoms with Gasteiger partial charge in [0.25, 0.3) is 0 Å². The van der Waals surface area contributed by atoms with E-state index in [-0.39, 0.29) is 11.7 Å². The lowest BCUT2D eigenvalue weighted by Gasteiger charge is -2.07. The van der Waals surface area contributed by atoms with Crippen molar-refractivity contribution in [3.63, 3.8) is 0 Å². The van der Waals surface area contributed by atoms with Gasteiger partial charge in [0.05, 0.1) is 0 Å². The number of nitrogen functional groups attached to an aromatic ring is 1. The number of hydrogen-bond acceptors (Lipinski definition) is 2. The first-order valence-electron chi connectivity index (χ1n) is 6.49. The highest BCUT2D eigenvalue weighted by Crippen LogP contribution is 2.12. The van der Waals surface area contributed by atoms with Crippen molar-refractivity contribution in [2.24, 2.45) is 0 Å². The van der Waals surface area contributed by atoms with E-state index in [1.54, 1.807) is 12.1 Å². The summed E-state index contributed by atoms with van der Waals surface area (Å²) >= 11 is 0. The molecule has 0 unspecified atom stereocenters. The first-order valence-corrected chi connectivity index (χ1v) is 6.49. The molecule has 104 valence electrons. The third-order valence-electron chi connectivity index (χ3n) is 3.06. The molecule has 0 radical (unpaired) electrons. The molecular weight excluding hydrogens is 255 g/mol. The average molecular weight is 272 g/mol. The predicted molar refractivity (Wildman–Crippen MR) is 77.4 cm³/mol. The van der Waals surface area contributed by atoms with Crippen molar-refractivity contribution in [3.8, 4) is 0 Å². The number of aryl methyl sites for hydroxylation is 1. The van der Waals surface area contributed by atoms with E-state index in [1.165, 1.54) is 12.1 Å². The van der Waals surface area contributed by atoms with Crippen LogP contribution in [0, 0.1) is 5.82 Å². The largest absolute Gasteiger partial charge is 0.399 e. The number of nitrogens with two attached hydrogens (primary N) is 1. The van der Waals surface area contributed by atoms with Gasteiger partial charge in [-0.3, -0.25) is 4.79 Å². The summed E-state index contributed by atoms with van der Waals surface area (Å²) in [5, 5.41) is 2.77. The van der Waals surface area contributed by atoms with E-state index in [0.29, 0.717) is 25.1 Å². The molecule has 0 aromatic heterocycles. The topological polar surface area (TPSA) is 55.1 Å². The van der Waals surface area contributed by atoms with Crippen molar-refractivity contribution in [2.75, 3.05) is 5.73 Å². The van der Waals surface area contributed by atoms with Crippen LogP contribution < -0.4 is 11.1 Å². The minimum Gasteiger partial charge on any atom is -0.399 e. The van der Waals surface area contributed by atoms with E-state index in [0.717, 1.165) is 11.1 Å². The molecule has 3 N–H and O–H groups in total. The monoisotopic (exact) mass is 272 g/mol. The van der Waals surface area contributed by atoms with E-state index < -0.39 is 0 Å². The molecule has 0 aliphatic rings. The van der Waals surface area contributed by atoms with Gasteiger partial charge in [-0.2, -0.15) is 0 Å². The summed E-state index contributed by atoms with van der Waals surface area (Å²) in [6, 6.07) is 13.7. The summed E-state index contributed by atoms with van der Waals surface area (Å²) in [4.78, 5) is 11.7. The van der Waals surface area contributed by atoms with Crippen LogP contribution in [0.15, 0.2) is 48.5 Å². The highest BCUT2D eigenvalue weighted by Gasteiger charge is 2.04. The summed E-state index contributed by atoms with van der Waals surface area (Å²) in [6.07, 6.45) is 0.963. The number of para-hydroxylation sites is 1. The molecule has 0 saturated heterocycles. The molecule has 0 heterocycles. The van der Waals surface area contributed by atoms with Crippen LogP contribution in [0.25, 0.3) is 0 Å². The smallest absolute Gasteiger partial charge is 0.220 e. The fraction of sp³-hybridized carbons (Fsp3) is 0.188. The first kappa shape index (κ1) is 14.1. The predicted octanol–water partition coefficient (Wildman–Crippen LogP) is 2.66. The molecule has 0 spiro atoms. The van der Waals surface area contributed by atoms with Crippen LogP contribution in [0.4, 0.5) is 10.1 Å². The third kappa shape index (κ3) is 4.09. The van der Waals surface area contributed by atoms with Crippen LogP contribution in [-0.4, -0.2) is 5.91 Å². The van der Waals surface area contributed by atoms with Crippen LogP contribution in [0.3, 0.4) is 0 Å². The minimum atomic E-state index is -0.297. The van der Waals surface area contributed by atoms with Gasteiger partial charge in [-0.1, -0.05) is 30.3 Å². The number of carbonyl (C=O) groups is 1. The number of carbonyl (C=O) groups excluding carboxylic acids is 1. The maximum atomic E-state index is 13.0. The molecule has 3 nitrogen and oxygen atoms in total. The average Bonchev–Trinajstić information content (AvgIpc) is 2.44. The van der Waals surface area contributed by atoms with E-state index in [2.05, 4.69) is 5.32 Å². The highest BCUT2D eigenvalue weighted by atomic mass is 19.1. The van der Waals surface area contributed by atoms with Crippen molar-refractivity contribution >= 4 is 11.6 Å². The standard InChI is InChI=1S/C16H17FN2O/c17-14-6-3-4-12(10-14)11-19-16(20)9-8-13-5-1-2-7-15(13)18/h1-7,10H,8-9,11,18H2,(H,19,20). The summed E-state index contributed by atoms with van der Waals surface area (Å²) in [5.41, 5.74) is 8.23. The van der Waals surface area contributed by atoms with Gasteiger partial charge in [0.2, 0.25) is 5.91 Å². The van der Waals surface area contributed by atoms with Gasteiger partial charge in [-0.05, 0) is 35.7 Å². The van der Waals surface area contributed by atoms with Crippen LogP contribution >= 0.6 is 0 Å². The maximum Gasteiger partial charge on any atom is 0.220 e. The second kappa shape index (κ2) is 6.70. The number of amides is 1. The van der Waals surface area contributed by atoms with Gasteiger partial charge in [-0.15, -0.1) is 0 Å². The van der Waals surface area contributed by atoms with Gasteiger partial charge in [0, 0.05) is 18.7 Å². The number of rotatable bonds is 5. The Morgan fingerprint density at radius 1 is 1.15 bits per heavy atom. The Hall–Kier alpha value is -2.36. The molecule has 0 saturated carbocycles. The molecular formula is C16H17FN2O. The Bertz CT molecular complexity index is 599. The number of anilines is 1. The quantitative estimate of drug-likeness (QED) is 0.822. The number of hydrogen-bond donors (Lipinski definition) is 2. The second-order valence-electron chi connectivity index (χ2n) is 4.61. The Labute approximate surface area is 117 Å². The molecule has 2 aromatic carbocycles. The molecule has 1 amide bonds. The lowest BCUT2D eigenvalue weighted by Crippen LogP contribution is -2.23. The summed E-state index contributed by atoms with van der Waals surface area (Å²) < 4.78 is 13.0. The van der Waals surface area contributed by atoms with Crippen molar-refractivity contribution in [2.45, 2.75) is 19.4 Å². The molecule has 2 aromatic rings. The van der Waals surface area contributed by atoms with E-state index >= 15 is 0 Å². The van der Waals surface area contributed by atoms with E-state index in [4.69, 9.17) is 5.73 Å². The zero-order valence-corrected chi connectivity index (χ0v) is 11.1. The highest BCUT2D eigenvalue weighted by molar-refractivity contribution is 5.76. The van der Waals surface area contributed by atoms with Crippen LogP contribution in [0.5, 0.6) is 0 Å². The molecule has 0 fully saturated rings. The minimum absolute atomic E-state index is 0.0717. The normalized spacial score (nSPS) is 10.2. The van der Waals surface area contributed by atoms with E-state index in [9.17, 15) is 9.18 Å². The van der Waals surface area contributed by atoms with Gasteiger partial charge in [0.15, 0.2) is 0 Å². The van der Waals surface area contributed by atoms with Crippen molar-refractivity contribution in [3.05, 3.63) is 65.5 Å². The van der Waals surface area contributed by atoms with Crippen molar-refractivity contribution < 1.29 is 9.18 Å². The Morgan fingerprint density at radius 3 is 2.70 bits per heavy atom. The molecule has 4 heteroatoms.